The van der Waals surface area contributed by atoms with Gasteiger partial charge in [-0.25, -0.2) is 0 Å². The van der Waals surface area contributed by atoms with Crippen LogP contribution in [0.2, 0.25) is 0 Å². The highest BCUT2D eigenvalue weighted by Crippen LogP contribution is 2.30. The fourth-order valence-corrected chi connectivity index (χ4v) is 3.26. The molecule has 1 saturated heterocycles. The molecule has 18 heavy (non-hydrogen) atoms. The van der Waals surface area contributed by atoms with E-state index in [-0.39, 0.29) is 6.04 Å². The molecule has 0 aliphatic carbocycles. The molecule has 0 spiro atoms. The first-order valence-corrected chi connectivity index (χ1v) is 7.08. The number of benzene rings is 1. The fourth-order valence-electron chi connectivity index (χ4n) is 1.97. The van der Waals surface area contributed by atoms with Gasteiger partial charge < -0.3 is 9.87 Å². The molecule has 6 heteroatoms. The summed E-state index contributed by atoms with van der Waals surface area (Å²) in [7, 11) is 0. The van der Waals surface area contributed by atoms with Crippen LogP contribution in [-0.2, 0) is 17.4 Å². The van der Waals surface area contributed by atoms with E-state index in [2.05, 4.69) is 5.32 Å². The van der Waals surface area contributed by atoms with Crippen molar-refractivity contribution in [1.29, 1.82) is 0 Å². The van der Waals surface area contributed by atoms with Gasteiger partial charge in [0.25, 0.3) is 0 Å². The van der Waals surface area contributed by atoms with Gasteiger partial charge >= 0.3 is 6.18 Å². The Kier molecular flexibility index (Phi) is 4.19. The predicted molar refractivity (Wildman–Crippen MR) is 63.7 cm³/mol. The van der Waals surface area contributed by atoms with E-state index < -0.39 is 22.9 Å². The molecule has 2 nitrogen and oxygen atoms in total. The SMILES string of the molecule is [O-][S+](C[C@@H]1CCCN1)c1ccc(C(F)(F)F)cc1. The van der Waals surface area contributed by atoms with Crippen molar-refractivity contribution in [3.8, 4) is 0 Å². The average molecular weight is 277 g/mol. The van der Waals surface area contributed by atoms with Crippen LogP contribution in [0.5, 0.6) is 0 Å². The van der Waals surface area contributed by atoms with E-state index in [9.17, 15) is 17.7 Å². The highest BCUT2D eigenvalue weighted by Gasteiger charge is 2.31. The molecule has 1 N–H and O–H groups in total. The maximum atomic E-state index is 12.4. The molecule has 0 bridgehead atoms. The van der Waals surface area contributed by atoms with Crippen LogP contribution in [0.3, 0.4) is 0 Å². The number of halogens is 3. The van der Waals surface area contributed by atoms with Crippen LogP contribution in [0.4, 0.5) is 13.2 Å². The van der Waals surface area contributed by atoms with Gasteiger partial charge in [0.15, 0.2) is 4.90 Å². The summed E-state index contributed by atoms with van der Waals surface area (Å²) >= 11 is -1.24. The lowest BCUT2D eigenvalue weighted by molar-refractivity contribution is -0.137. The monoisotopic (exact) mass is 277 g/mol. The molecular weight excluding hydrogens is 263 g/mol. The summed E-state index contributed by atoms with van der Waals surface area (Å²) in [5.41, 5.74) is -0.706. The third-order valence-corrected chi connectivity index (χ3v) is 4.46. The first-order valence-electron chi connectivity index (χ1n) is 5.76. The largest absolute Gasteiger partial charge is 0.611 e. The molecule has 2 rings (SSSR count). The lowest BCUT2D eigenvalue weighted by atomic mass is 10.2. The average Bonchev–Trinajstić information content (AvgIpc) is 2.81. The van der Waals surface area contributed by atoms with Crippen LogP contribution in [-0.4, -0.2) is 22.9 Å². The van der Waals surface area contributed by atoms with Crippen molar-refractivity contribution >= 4 is 11.2 Å². The molecule has 1 heterocycles. The van der Waals surface area contributed by atoms with Gasteiger partial charge in [0.05, 0.1) is 11.6 Å². The molecule has 0 aromatic heterocycles. The maximum Gasteiger partial charge on any atom is 0.416 e. The third kappa shape index (κ3) is 3.40. The van der Waals surface area contributed by atoms with E-state index in [4.69, 9.17) is 0 Å². The summed E-state index contributed by atoms with van der Waals surface area (Å²) in [6.07, 6.45) is -2.30. The van der Waals surface area contributed by atoms with Crippen molar-refractivity contribution in [2.45, 2.75) is 30.0 Å². The predicted octanol–water partition coefficient (Wildman–Crippen LogP) is 2.57. The summed E-state index contributed by atoms with van der Waals surface area (Å²) in [5, 5.41) is 3.22. The van der Waals surface area contributed by atoms with Gasteiger partial charge in [-0.05, 0) is 54.8 Å². The summed E-state index contributed by atoms with van der Waals surface area (Å²) < 4.78 is 49.0. The molecule has 1 aromatic carbocycles. The minimum Gasteiger partial charge on any atom is -0.611 e. The fraction of sp³-hybridized carbons (Fsp3) is 0.500. The van der Waals surface area contributed by atoms with Gasteiger partial charge in [0.1, 0.15) is 5.75 Å². The van der Waals surface area contributed by atoms with Crippen LogP contribution in [0, 0.1) is 0 Å². The van der Waals surface area contributed by atoms with Crippen LogP contribution >= 0.6 is 0 Å². The molecule has 1 aromatic rings. The summed E-state index contributed by atoms with van der Waals surface area (Å²) in [6, 6.07) is 4.78. The molecular formula is C12H14F3NOS. The Labute approximate surface area is 107 Å². The zero-order chi connectivity index (χ0) is 13.2. The van der Waals surface area contributed by atoms with Crippen LogP contribution in [0.1, 0.15) is 18.4 Å². The molecule has 1 aliphatic rings. The Morgan fingerprint density at radius 1 is 1.28 bits per heavy atom. The molecule has 1 unspecified atom stereocenters. The number of hydrogen-bond donors (Lipinski definition) is 1. The first-order chi connectivity index (χ1) is 8.47. The van der Waals surface area contributed by atoms with Crippen LogP contribution in [0.25, 0.3) is 0 Å². The second kappa shape index (κ2) is 5.50. The Bertz CT molecular complexity index is 387. The Hall–Kier alpha value is -0.720. The van der Waals surface area contributed by atoms with E-state index in [0.29, 0.717) is 10.6 Å². The molecule has 0 amide bonds. The lowest BCUT2D eigenvalue weighted by Gasteiger charge is -2.15. The number of hydrogen-bond acceptors (Lipinski definition) is 2. The number of rotatable bonds is 3. The van der Waals surface area contributed by atoms with Crippen molar-refractivity contribution in [3.05, 3.63) is 29.8 Å². The zero-order valence-electron chi connectivity index (χ0n) is 9.67. The van der Waals surface area contributed by atoms with E-state index in [1.165, 1.54) is 12.1 Å². The van der Waals surface area contributed by atoms with E-state index in [1.54, 1.807) is 0 Å². The molecule has 0 saturated carbocycles. The van der Waals surface area contributed by atoms with Gasteiger partial charge in [-0.1, -0.05) is 0 Å². The lowest BCUT2D eigenvalue weighted by Crippen LogP contribution is -2.29. The Balaban J connectivity index is 2.00. The van der Waals surface area contributed by atoms with Crippen molar-refractivity contribution < 1.29 is 17.7 Å². The Morgan fingerprint density at radius 3 is 2.44 bits per heavy atom. The van der Waals surface area contributed by atoms with Gasteiger partial charge in [-0.15, -0.1) is 0 Å². The van der Waals surface area contributed by atoms with Gasteiger partial charge in [-0.3, -0.25) is 0 Å². The van der Waals surface area contributed by atoms with Gasteiger partial charge in [-0.2, -0.15) is 13.2 Å². The standard InChI is InChI=1S/C12H14F3NOS/c13-12(14,15)9-3-5-11(6-4-9)18(17)8-10-2-1-7-16-10/h3-6,10,16H,1-2,7-8H2/t10-,18?/m0/s1. The van der Waals surface area contributed by atoms with Crippen molar-refractivity contribution in [2.75, 3.05) is 12.3 Å². The van der Waals surface area contributed by atoms with Crippen molar-refractivity contribution in [1.82, 2.24) is 5.32 Å². The second-order valence-electron chi connectivity index (χ2n) is 4.33. The third-order valence-electron chi connectivity index (χ3n) is 2.96. The number of alkyl halides is 3. The number of nitrogens with one attached hydrogen (secondary N) is 1. The first kappa shape index (κ1) is 13.7. The topological polar surface area (TPSA) is 35.1 Å². The van der Waals surface area contributed by atoms with Crippen molar-refractivity contribution in [3.63, 3.8) is 0 Å². The summed E-state index contributed by atoms with van der Waals surface area (Å²) in [5.74, 6) is 0.464. The Morgan fingerprint density at radius 2 is 1.94 bits per heavy atom. The summed E-state index contributed by atoms with van der Waals surface area (Å²) in [6.45, 7) is 0.925. The minimum absolute atomic E-state index is 0.216. The minimum atomic E-state index is -4.34. The highest BCUT2D eigenvalue weighted by molar-refractivity contribution is 7.91. The normalized spacial score (nSPS) is 22.1. The summed E-state index contributed by atoms with van der Waals surface area (Å²) in [4.78, 5) is 0.455. The van der Waals surface area contributed by atoms with Gasteiger partial charge in [0, 0.05) is 0 Å². The molecule has 1 fully saturated rings. The molecule has 2 atom stereocenters. The molecule has 0 radical (unpaired) electrons. The quantitative estimate of drug-likeness (QED) is 0.862. The second-order valence-corrected chi connectivity index (χ2v) is 5.82. The maximum absolute atomic E-state index is 12.4. The van der Waals surface area contributed by atoms with E-state index >= 15 is 0 Å². The smallest absolute Gasteiger partial charge is 0.416 e. The van der Waals surface area contributed by atoms with Gasteiger partial charge in [0.2, 0.25) is 0 Å². The molecule has 100 valence electrons. The van der Waals surface area contributed by atoms with Crippen LogP contribution in [0.15, 0.2) is 29.2 Å². The highest BCUT2D eigenvalue weighted by atomic mass is 32.2. The molecule has 1 aliphatic heterocycles. The van der Waals surface area contributed by atoms with E-state index in [0.717, 1.165) is 31.5 Å². The van der Waals surface area contributed by atoms with Crippen molar-refractivity contribution in [2.24, 2.45) is 0 Å². The van der Waals surface area contributed by atoms with E-state index in [1.807, 2.05) is 0 Å². The van der Waals surface area contributed by atoms with Crippen LogP contribution < -0.4 is 5.32 Å². The zero-order valence-corrected chi connectivity index (χ0v) is 10.5.